The quantitative estimate of drug-likeness (QED) is 0.637. The summed E-state index contributed by atoms with van der Waals surface area (Å²) >= 11 is 0. The van der Waals surface area contributed by atoms with E-state index < -0.39 is 0 Å². The van der Waals surface area contributed by atoms with Crippen LogP contribution in [-0.2, 0) is 18.3 Å². The maximum absolute atomic E-state index is 11.5. The molecule has 2 aromatic heterocycles. The average Bonchev–Trinajstić information content (AvgIpc) is 2.92. The molecule has 0 saturated heterocycles. The molecule has 0 saturated carbocycles. The zero-order chi connectivity index (χ0) is 12.1. The standard InChI is InChI=1S/C12H13N3O2/c1-15-6-2-4-10(15)8-12(16)14-13-9-11-5-3-7-17-11/h2-7,9H,8H2,1H3,(H,14,16)/b13-9+. The first-order valence-corrected chi connectivity index (χ1v) is 5.21. The summed E-state index contributed by atoms with van der Waals surface area (Å²) in [5, 5.41) is 3.80. The third-order valence-corrected chi connectivity index (χ3v) is 2.32. The highest BCUT2D eigenvalue weighted by atomic mass is 16.3. The van der Waals surface area contributed by atoms with E-state index in [0.717, 1.165) is 5.69 Å². The Morgan fingerprint density at radius 1 is 1.53 bits per heavy atom. The van der Waals surface area contributed by atoms with Gasteiger partial charge >= 0.3 is 0 Å². The molecule has 1 amide bonds. The van der Waals surface area contributed by atoms with Crippen LogP contribution in [0.15, 0.2) is 46.2 Å². The molecule has 88 valence electrons. The lowest BCUT2D eigenvalue weighted by Crippen LogP contribution is -2.20. The summed E-state index contributed by atoms with van der Waals surface area (Å²) in [6.07, 6.45) is 5.21. The molecule has 2 rings (SSSR count). The van der Waals surface area contributed by atoms with Crippen LogP contribution < -0.4 is 5.43 Å². The number of amides is 1. The van der Waals surface area contributed by atoms with Crippen LogP contribution in [0.4, 0.5) is 0 Å². The molecule has 5 nitrogen and oxygen atoms in total. The topological polar surface area (TPSA) is 59.5 Å². The molecule has 5 heteroatoms. The van der Waals surface area contributed by atoms with Gasteiger partial charge in [-0.25, -0.2) is 5.43 Å². The van der Waals surface area contributed by atoms with Crippen LogP contribution in [0.1, 0.15) is 11.5 Å². The second-order valence-corrected chi connectivity index (χ2v) is 3.60. The molecular formula is C12H13N3O2. The normalized spacial score (nSPS) is 10.9. The lowest BCUT2D eigenvalue weighted by Gasteiger charge is -2.01. The molecular weight excluding hydrogens is 218 g/mol. The van der Waals surface area contributed by atoms with Crippen LogP contribution in [0, 0.1) is 0 Å². The predicted octanol–water partition coefficient (Wildman–Crippen LogP) is 1.31. The number of nitrogens with one attached hydrogen (secondary N) is 1. The lowest BCUT2D eigenvalue weighted by atomic mass is 10.3. The molecule has 0 aliphatic carbocycles. The molecule has 0 bridgehead atoms. The molecule has 0 aliphatic heterocycles. The van der Waals surface area contributed by atoms with Gasteiger partial charge in [0.15, 0.2) is 0 Å². The van der Waals surface area contributed by atoms with E-state index in [2.05, 4.69) is 10.5 Å². The van der Waals surface area contributed by atoms with Gasteiger partial charge in [0.2, 0.25) is 5.91 Å². The van der Waals surface area contributed by atoms with Crippen LogP contribution in [0.3, 0.4) is 0 Å². The average molecular weight is 231 g/mol. The number of rotatable bonds is 4. The van der Waals surface area contributed by atoms with Gasteiger partial charge in [-0.15, -0.1) is 0 Å². The van der Waals surface area contributed by atoms with Crippen molar-refractivity contribution in [1.29, 1.82) is 0 Å². The summed E-state index contributed by atoms with van der Waals surface area (Å²) in [7, 11) is 1.90. The van der Waals surface area contributed by atoms with Crippen LogP contribution in [0.5, 0.6) is 0 Å². The fraction of sp³-hybridized carbons (Fsp3) is 0.167. The molecule has 2 aromatic rings. The minimum atomic E-state index is -0.158. The largest absolute Gasteiger partial charge is 0.463 e. The summed E-state index contributed by atoms with van der Waals surface area (Å²) in [5.41, 5.74) is 3.38. The third-order valence-electron chi connectivity index (χ3n) is 2.32. The molecule has 0 aromatic carbocycles. The van der Waals surface area contributed by atoms with Crippen molar-refractivity contribution in [3.8, 4) is 0 Å². The number of aromatic nitrogens is 1. The predicted molar refractivity (Wildman–Crippen MR) is 63.6 cm³/mol. The molecule has 17 heavy (non-hydrogen) atoms. The number of hydrogen-bond donors (Lipinski definition) is 1. The zero-order valence-electron chi connectivity index (χ0n) is 9.46. The molecule has 1 N–H and O–H groups in total. The van der Waals surface area contributed by atoms with Crippen LogP contribution >= 0.6 is 0 Å². The van der Waals surface area contributed by atoms with Gasteiger partial charge in [0, 0.05) is 18.9 Å². The second-order valence-electron chi connectivity index (χ2n) is 3.60. The van der Waals surface area contributed by atoms with Crippen molar-refractivity contribution >= 4 is 12.1 Å². The summed E-state index contributed by atoms with van der Waals surface area (Å²) in [6, 6.07) is 7.31. The SMILES string of the molecule is Cn1cccc1CC(=O)N/N=C/c1ccco1. The number of nitrogens with zero attached hydrogens (tertiary/aromatic N) is 2. The minimum absolute atomic E-state index is 0.158. The van der Waals surface area contributed by atoms with E-state index in [4.69, 9.17) is 4.42 Å². The van der Waals surface area contributed by atoms with Gasteiger partial charge in [0.05, 0.1) is 18.9 Å². The van der Waals surface area contributed by atoms with Gasteiger partial charge in [-0.2, -0.15) is 5.10 Å². The molecule has 0 atom stereocenters. The van der Waals surface area contributed by atoms with E-state index in [1.165, 1.54) is 6.21 Å². The number of hydrazone groups is 1. The van der Waals surface area contributed by atoms with Crippen LogP contribution in [0.25, 0.3) is 0 Å². The van der Waals surface area contributed by atoms with Crippen molar-refractivity contribution in [2.45, 2.75) is 6.42 Å². The van der Waals surface area contributed by atoms with Crippen molar-refractivity contribution in [2.24, 2.45) is 12.1 Å². The Morgan fingerprint density at radius 3 is 3.06 bits per heavy atom. The molecule has 2 heterocycles. The molecule has 0 aliphatic rings. The minimum Gasteiger partial charge on any atom is -0.463 e. The number of aryl methyl sites for hydroxylation is 1. The second kappa shape index (κ2) is 5.16. The van der Waals surface area contributed by atoms with Gasteiger partial charge < -0.3 is 8.98 Å². The Balaban J connectivity index is 1.84. The zero-order valence-corrected chi connectivity index (χ0v) is 9.46. The van der Waals surface area contributed by atoms with Crippen molar-refractivity contribution in [2.75, 3.05) is 0 Å². The smallest absolute Gasteiger partial charge is 0.245 e. The fourth-order valence-corrected chi connectivity index (χ4v) is 1.42. The van der Waals surface area contributed by atoms with Gasteiger partial charge in [-0.1, -0.05) is 0 Å². The van der Waals surface area contributed by atoms with Crippen molar-refractivity contribution < 1.29 is 9.21 Å². The van der Waals surface area contributed by atoms with E-state index in [1.807, 2.05) is 29.9 Å². The first kappa shape index (κ1) is 11.2. The lowest BCUT2D eigenvalue weighted by molar-refractivity contribution is -0.120. The summed E-state index contributed by atoms with van der Waals surface area (Å²) in [5.74, 6) is 0.443. The highest BCUT2D eigenvalue weighted by Gasteiger charge is 2.04. The number of carbonyl (C=O) groups is 1. The number of hydrogen-bond acceptors (Lipinski definition) is 3. The van der Waals surface area contributed by atoms with E-state index in [-0.39, 0.29) is 5.91 Å². The number of furan rings is 1. The summed E-state index contributed by atoms with van der Waals surface area (Å²) in [4.78, 5) is 11.5. The molecule has 0 fully saturated rings. The Morgan fingerprint density at radius 2 is 2.41 bits per heavy atom. The first-order valence-electron chi connectivity index (χ1n) is 5.21. The van der Waals surface area contributed by atoms with E-state index >= 15 is 0 Å². The van der Waals surface area contributed by atoms with Gasteiger partial charge in [0.25, 0.3) is 0 Å². The molecule has 0 radical (unpaired) electrons. The Labute approximate surface area is 98.7 Å². The van der Waals surface area contributed by atoms with Gasteiger partial charge in [-0.3, -0.25) is 4.79 Å². The Hall–Kier alpha value is -2.30. The fourth-order valence-electron chi connectivity index (χ4n) is 1.42. The van der Waals surface area contributed by atoms with Crippen LogP contribution in [-0.4, -0.2) is 16.7 Å². The van der Waals surface area contributed by atoms with E-state index in [1.54, 1.807) is 18.4 Å². The number of carbonyl (C=O) groups excluding carboxylic acids is 1. The van der Waals surface area contributed by atoms with Crippen molar-refractivity contribution in [3.05, 3.63) is 48.2 Å². The van der Waals surface area contributed by atoms with Gasteiger partial charge in [-0.05, 0) is 24.3 Å². The highest BCUT2D eigenvalue weighted by Crippen LogP contribution is 2.00. The third kappa shape index (κ3) is 3.07. The van der Waals surface area contributed by atoms with Crippen molar-refractivity contribution in [3.63, 3.8) is 0 Å². The highest BCUT2D eigenvalue weighted by molar-refractivity contribution is 5.81. The monoisotopic (exact) mass is 231 g/mol. The summed E-state index contributed by atoms with van der Waals surface area (Å²) in [6.45, 7) is 0. The Bertz CT molecular complexity index is 512. The molecule has 0 unspecified atom stereocenters. The Kier molecular flexibility index (Phi) is 3.40. The summed E-state index contributed by atoms with van der Waals surface area (Å²) < 4.78 is 6.93. The van der Waals surface area contributed by atoms with E-state index in [9.17, 15) is 4.79 Å². The maximum Gasteiger partial charge on any atom is 0.245 e. The van der Waals surface area contributed by atoms with Crippen molar-refractivity contribution in [1.82, 2.24) is 9.99 Å². The van der Waals surface area contributed by atoms with Crippen LogP contribution in [0.2, 0.25) is 0 Å². The maximum atomic E-state index is 11.5. The van der Waals surface area contributed by atoms with Gasteiger partial charge in [0.1, 0.15) is 5.76 Å². The first-order chi connectivity index (χ1) is 8.25. The van der Waals surface area contributed by atoms with E-state index in [0.29, 0.717) is 12.2 Å². The molecule has 0 spiro atoms.